The van der Waals surface area contributed by atoms with Gasteiger partial charge in [0.15, 0.2) is 5.82 Å². The number of aromatic nitrogens is 4. The number of aromatic hydroxyl groups is 1. The molecule has 0 aliphatic carbocycles. The molecule has 5 heterocycles. The Kier molecular flexibility index (Phi) is 11.7. The molecule has 2 amide bonds. The fourth-order valence-corrected chi connectivity index (χ4v) is 9.94. The summed E-state index contributed by atoms with van der Waals surface area (Å²) >= 11 is 1.56. The van der Waals surface area contributed by atoms with Crippen molar-refractivity contribution in [1.29, 1.82) is 0 Å². The molecule has 0 saturated carbocycles. The number of aliphatic hydroxyl groups is 2. The number of phenols is 1. The van der Waals surface area contributed by atoms with Gasteiger partial charge in [-0.25, -0.2) is 23.7 Å². The Bertz CT molecular complexity index is 2690. The molecule has 0 bridgehead atoms. The van der Waals surface area contributed by atoms with Gasteiger partial charge in [-0.15, -0.1) is 11.3 Å². The minimum atomic E-state index is -1.08. The molecule has 0 radical (unpaired) electrons. The van der Waals surface area contributed by atoms with E-state index in [2.05, 4.69) is 15.3 Å². The molecule has 15 heteroatoms. The zero-order valence-corrected chi connectivity index (χ0v) is 36.4. The Balaban J connectivity index is 1.18. The SMILES string of the molecule is CCc1c(F)ccc2cc(O)cc(-c3ncc4c(N5CCC[C@@](C)(O)C5)nc(C(C(=O)N5CC(O)CC5C(=O)N[C@@H](C)c5ccc(-c6scnc6C)cc5)C(C)C)nc4c3F)c12. The number of amides is 2. The van der Waals surface area contributed by atoms with Crippen LogP contribution in [0.5, 0.6) is 5.75 Å². The van der Waals surface area contributed by atoms with Gasteiger partial charge in [-0.1, -0.05) is 51.1 Å². The van der Waals surface area contributed by atoms with Crippen molar-refractivity contribution in [2.24, 2.45) is 5.92 Å². The molecule has 2 saturated heterocycles. The number of halogens is 2. The molecule has 8 rings (SSSR count). The number of fused-ring (bicyclic) bond motifs is 2. The third-order valence-corrected chi connectivity index (χ3v) is 13.2. The van der Waals surface area contributed by atoms with E-state index < -0.39 is 59.1 Å². The van der Waals surface area contributed by atoms with Gasteiger partial charge in [-0.3, -0.25) is 14.6 Å². The molecule has 3 aromatic carbocycles. The number of aliphatic hydroxyl groups excluding tert-OH is 1. The van der Waals surface area contributed by atoms with Crippen molar-refractivity contribution in [2.75, 3.05) is 24.5 Å². The third-order valence-electron chi connectivity index (χ3n) is 12.3. The molecular formula is C47H51F2N7O5S. The summed E-state index contributed by atoms with van der Waals surface area (Å²) in [7, 11) is 0. The minimum Gasteiger partial charge on any atom is -0.508 e. The molecule has 0 spiro atoms. The largest absolute Gasteiger partial charge is 0.508 e. The molecule has 12 nitrogen and oxygen atoms in total. The van der Waals surface area contributed by atoms with Gasteiger partial charge in [0.05, 0.1) is 39.2 Å². The Morgan fingerprint density at radius 3 is 2.50 bits per heavy atom. The number of carbonyl (C=O) groups excluding carboxylic acids is 2. The smallest absolute Gasteiger partial charge is 0.243 e. The molecule has 2 aliphatic heterocycles. The number of nitrogens with zero attached hydrogens (tertiary/aromatic N) is 6. The number of aryl methyl sites for hydroxylation is 2. The predicted octanol–water partition coefficient (Wildman–Crippen LogP) is 7.75. The zero-order valence-electron chi connectivity index (χ0n) is 35.6. The average molecular weight is 864 g/mol. The van der Waals surface area contributed by atoms with Crippen molar-refractivity contribution < 1.29 is 33.7 Å². The summed E-state index contributed by atoms with van der Waals surface area (Å²) in [5.41, 5.74) is 3.74. The average Bonchev–Trinajstić information content (AvgIpc) is 3.85. The second-order valence-electron chi connectivity index (χ2n) is 17.3. The van der Waals surface area contributed by atoms with Crippen LogP contribution in [0.25, 0.3) is 43.4 Å². The van der Waals surface area contributed by atoms with Crippen LogP contribution in [-0.2, 0) is 16.0 Å². The first-order chi connectivity index (χ1) is 29.5. The molecule has 62 heavy (non-hydrogen) atoms. The van der Waals surface area contributed by atoms with E-state index >= 15 is 8.78 Å². The fraction of sp³-hybridized carbons (Fsp3) is 0.404. The molecule has 5 atom stereocenters. The number of carbonyl (C=O) groups is 2. The molecule has 324 valence electrons. The highest BCUT2D eigenvalue weighted by Crippen LogP contribution is 2.41. The number of thiazole rings is 1. The monoisotopic (exact) mass is 863 g/mol. The lowest BCUT2D eigenvalue weighted by molar-refractivity contribution is -0.140. The Morgan fingerprint density at radius 1 is 1.06 bits per heavy atom. The normalized spacial score (nSPS) is 20.3. The number of piperidine rings is 1. The molecule has 3 unspecified atom stereocenters. The Hall–Kier alpha value is -5.64. The maximum Gasteiger partial charge on any atom is 0.243 e. The lowest BCUT2D eigenvalue weighted by Gasteiger charge is -2.38. The Morgan fingerprint density at radius 2 is 1.82 bits per heavy atom. The van der Waals surface area contributed by atoms with Crippen LogP contribution in [-0.4, -0.2) is 89.4 Å². The summed E-state index contributed by atoms with van der Waals surface area (Å²) in [5, 5.41) is 37.1. The summed E-state index contributed by atoms with van der Waals surface area (Å²) in [6.45, 7) is 11.5. The summed E-state index contributed by atoms with van der Waals surface area (Å²) in [6.07, 6.45) is 1.95. The van der Waals surface area contributed by atoms with Crippen molar-refractivity contribution >= 4 is 50.6 Å². The van der Waals surface area contributed by atoms with Crippen LogP contribution in [0.4, 0.5) is 14.6 Å². The fourth-order valence-electron chi connectivity index (χ4n) is 9.13. The number of benzene rings is 3. The van der Waals surface area contributed by atoms with E-state index in [0.717, 1.165) is 21.7 Å². The summed E-state index contributed by atoms with van der Waals surface area (Å²) in [4.78, 5) is 51.8. The molecule has 6 aromatic rings. The summed E-state index contributed by atoms with van der Waals surface area (Å²) in [5.74, 6) is -3.66. The number of hydrogen-bond acceptors (Lipinski definition) is 11. The molecule has 2 fully saturated rings. The first-order valence-corrected chi connectivity index (χ1v) is 22.0. The summed E-state index contributed by atoms with van der Waals surface area (Å²) in [6, 6.07) is 12.1. The number of rotatable bonds is 10. The number of hydrogen-bond donors (Lipinski definition) is 4. The lowest BCUT2D eigenvalue weighted by atomic mass is 9.92. The molecule has 4 N–H and O–H groups in total. The van der Waals surface area contributed by atoms with Crippen LogP contribution in [0.2, 0.25) is 0 Å². The van der Waals surface area contributed by atoms with Gasteiger partial charge in [0.1, 0.15) is 46.4 Å². The van der Waals surface area contributed by atoms with Gasteiger partial charge in [0.2, 0.25) is 11.8 Å². The van der Waals surface area contributed by atoms with Crippen LogP contribution in [0.1, 0.15) is 88.5 Å². The van der Waals surface area contributed by atoms with E-state index in [1.54, 1.807) is 30.7 Å². The number of β-amino-alcohol motifs (C(OH)–C–C–N with tert-alkyl or cyclic N) is 2. The van der Waals surface area contributed by atoms with Gasteiger partial charge in [-0.05, 0) is 91.6 Å². The van der Waals surface area contributed by atoms with E-state index in [4.69, 9.17) is 9.97 Å². The highest BCUT2D eigenvalue weighted by molar-refractivity contribution is 7.13. The van der Waals surface area contributed by atoms with E-state index in [0.29, 0.717) is 42.1 Å². The third kappa shape index (κ3) is 8.09. The van der Waals surface area contributed by atoms with E-state index in [-0.39, 0.29) is 59.1 Å². The maximum atomic E-state index is 17.4. The van der Waals surface area contributed by atoms with Crippen LogP contribution >= 0.6 is 11.3 Å². The first-order valence-electron chi connectivity index (χ1n) is 21.1. The summed E-state index contributed by atoms with van der Waals surface area (Å²) < 4.78 is 32.6. The second kappa shape index (κ2) is 16.9. The van der Waals surface area contributed by atoms with Gasteiger partial charge in [0, 0.05) is 37.8 Å². The quantitative estimate of drug-likeness (QED) is 0.107. The zero-order chi connectivity index (χ0) is 44.2. The standard InChI is InChI=1S/C47H51F2N7O5S/c1-7-32-35(48)14-13-29-17-30(57)18-33(38(29)32)40-39(49)41-34(20-50-40)44(55-16-8-15-47(6,61)22-55)54-43(53-41)37(24(2)3)46(60)56-21-31(58)19-36(56)45(59)52-25(4)27-9-11-28(12-10-27)42-26(5)51-23-62-42/h9-14,17-18,20,23-25,31,36-37,57-58,61H,7-8,15-16,19,21-22H2,1-6H3,(H,52,59)/t25-,31?,36?,37?,47+/m0/s1. The van der Waals surface area contributed by atoms with Crippen molar-refractivity contribution in [2.45, 2.75) is 96.9 Å². The number of likely N-dealkylation sites (tertiary alicyclic amines) is 1. The Labute approximate surface area is 362 Å². The van der Waals surface area contributed by atoms with Crippen molar-refractivity contribution in [3.63, 3.8) is 0 Å². The van der Waals surface area contributed by atoms with Gasteiger partial charge in [0.25, 0.3) is 0 Å². The van der Waals surface area contributed by atoms with Crippen LogP contribution in [0.15, 0.2) is 60.2 Å². The number of pyridine rings is 1. The first kappa shape index (κ1) is 43.0. The van der Waals surface area contributed by atoms with Gasteiger partial charge < -0.3 is 30.4 Å². The van der Waals surface area contributed by atoms with Crippen LogP contribution < -0.4 is 10.2 Å². The van der Waals surface area contributed by atoms with Crippen LogP contribution in [0.3, 0.4) is 0 Å². The second-order valence-corrected chi connectivity index (χ2v) is 18.2. The molecular weight excluding hydrogens is 813 g/mol. The predicted molar refractivity (Wildman–Crippen MR) is 236 cm³/mol. The highest BCUT2D eigenvalue weighted by Gasteiger charge is 2.44. The molecule has 2 aliphatic rings. The number of nitrogens with one attached hydrogen (secondary N) is 1. The topological polar surface area (TPSA) is 165 Å². The van der Waals surface area contributed by atoms with Crippen molar-refractivity contribution in [3.05, 3.63) is 94.5 Å². The maximum absolute atomic E-state index is 17.4. The van der Waals surface area contributed by atoms with Crippen molar-refractivity contribution in [3.8, 4) is 27.4 Å². The number of phenolic OH excluding ortho intramolecular Hbond substituents is 1. The van der Waals surface area contributed by atoms with Gasteiger partial charge in [-0.2, -0.15) is 0 Å². The lowest BCUT2D eigenvalue weighted by Crippen LogP contribution is -2.49. The van der Waals surface area contributed by atoms with E-state index in [1.807, 2.05) is 56.9 Å². The molecule has 3 aromatic heterocycles. The van der Waals surface area contributed by atoms with Crippen molar-refractivity contribution in [1.82, 2.24) is 30.2 Å². The van der Waals surface area contributed by atoms with E-state index in [9.17, 15) is 24.9 Å². The van der Waals surface area contributed by atoms with Gasteiger partial charge >= 0.3 is 0 Å². The van der Waals surface area contributed by atoms with E-state index in [1.165, 1.54) is 35.4 Å². The van der Waals surface area contributed by atoms with Crippen LogP contribution in [0, 0.1) is 24.5 Å². The number of anilines is 1. The highest BCUT2D eigenvalue weighted by atomic mass is 32.1. The minimum absolute atomic E-state index is 0.00000754.